The van der Waals surface area contributed by atoms with E-state index in [0.717, 1.165) is 9.09 Å². The molecule has 1 heterocycles. The number of pyridine rings is 1. The number of H-pyrrole nitrogens is 1. The average Bonchev–Trinajstić information content (AvgIpc) is 2.06. The molecule has 2 nitrogen and oxygen atoms in total. The Hall–Kier alpha value is -0.550. The van der Waals surface area contributed by atoms with Crippen LogP contribution in [-0.4, -0.2) is 4.98 Å². The van der Waals surface area contributed by atoms with E-state index >= 15 is 0 Å². The number of hydrogen-bond donors (Lipinski definition) is 1. The van der Waals surface area contributed by atoms with Gasteiger partial charge in [-0.3, -0.25) is 4.79 Å². The van der Waals surface area contributed by atoms with E-state index in [4.69, 9.17) is 11.6 Å². The van der Waals surface area contributed by atoms with E-state index in [9.17, 15) is 4.79 Å². The fraction of sp³-hybridized carbons (Fsp3) is 0. The summed E-state index contributed by atoms with van der Waals surface area (Å²) in [5.41, 5.74) is -0.0931. The van der Waals surface area contributed by atoms with Crippen LogP contribution in [0.2, 0.25) is 5.02 Å². The van der Waals surface area contributed by atoms with Crippen LogP contribution in [0, 0.1) is 3.70 Å². The first-order valence-corrected chi connectivity index (χ1v) is 5.10. The normalized spacial score (nSPS) is 10.6. The minimum atomic E-state index is -0.0931. The molecule has 2 rings (SSSR count). The van der Waals surface area contributed by atoms with Crippen LogP contribution >= 0.6 is 34.2 Å². The predicted molar refractivity (Wildman–Crippen MR) is 62.3 cm³/mol. The molecule has 0 fully saturated rings. The highest BCUT2D eigenvalue weighted by molar-refractivity contribution is 14.1. The van der Waals surface area contributed by atoms with Crippen molar-refractivity contribution in [1.82, 2.24) is 4.98 Å². The molecule has 0 aliphatic rings. The zero-order valence-corrected chi connectivity index (χ0v) is 9.39. The largest absolute Gasteiger partial charge is 0.317 e. The highest BCUT2D eigenvalue weighted by Gasteiger charge is 2.00. The predicted octanol–water partition coefficient (Wildman–Crippen LogP) is 2.79. The molecule has 1 aromatic heterocycles. The standard InChI is InChI=1S/C9H5ClINO/c10-6-2-1-5-3-8(11)12-9(13)7(5)4-6/h1-4H,(H,12,13). The molecule has 0 saturated carbocycles. The number of fused-ring (bicyclic) bond motifs is 1. The molecule has 4 heteroatoms. The Labute approximate surface area is 93.1 Å². The number of benzene rings is 1. The van der Waals surface area contributed by atoms with E-state index in [-0.39, 0.29) is 5.56 Å². The zero-order chi connectivity index (χ0) is 9.42. The Morgan fingerprint density at radius 3 is 2.85 bits per heavy atom. The average molecular weight is 306 g/mol. The van der Waals surface area contributed by atoms with Gasteiger partial charge in [0.25, 0.3) is 5.56 Å². The summed E-state index contributed by atoms with van der Waals surface area (Å²) < 4.78 is 0.831. The first-order chi connectivity index (χ1) is 6.16. The second-order valence-electron chi connectivity index (χ2n) is 2.68. The Kier molecular flexibility index (Phi) is 2.29. The maximum atomic E-state index is 11.4. The molecule has 0 amide bonds. The summed E-state index contributed by atoms with van der Waals surface area (Å²) in [6.07, 6.45) is 0. The molecule has 66 valence electrons. The number of aromatic amines is 1. The first-order valence-electron chi connectivity index (χ1n) is 3.65. The molecule has 0 aliphatic carbocycles. The number of rotatable bonds is 0. The van der Waals surface area contributed by atoms with Gasteiger partial charge in [0.2, 0.25) is 0 Å². The van der Waals surface area contributed by atoms with Gasteiger partial charge in [0.15, 0.2) is 0 Å². The van der Waals surface area contributed by atoms with Gasteiger partial charge in [-0.1, -0.05) is 17.7 Å². The summed E-state index contributed by atoms with van der Waals surface area (Å²) in [5.74, 6) is 0. The van der Waals surface area contributed by atoms with Crippen LogP contribution in [0.25, 0.3) is 10.8 Å². The van der Waals surface area contributed by atoms with Crippen molar-refractivity contribution in [3.8, 4) is 0 Å². The Bertz CT molecular complexity index is 520. The number of hydrogen-bond acceptors (Lipinski definition) is 1. The Morgan fingerprint density at radius 2 is 2.08 bits per heavy atom. The first kappa shape index (κ1) is 9.02. The number of halogens is 2. The van der Waals surface area contributed by atoms with Gasteiger partial charge in [0.1, 0.15) is 0 Å². The molecule has 1 aromatic carbocycles. The smallest absolute Gasteiger partial charge is 0.256 e. The zero-order valence-electron chi connectivity index (χ0n) is 6.47. The van der Waals surface area contributed by atoms with Crippen molar-refractivity contribution in [3.63, 3.8) is 0 Å². The lowest BCUT2D eigenvalue weighted by molar-refractivity contribution is 1.23. The second-order valence-corrected chi connectivity index (χ2v) is 4.28. The van der Waals surface area contributed by atoms with E-state index < -0.39 is 0 Å². The van der Waals surface area contributed by atoms with Gasteiger partial charge in [-0.2, -0.15) is 0 Å². The molecule has 13 heavy (non-hydrogen) atoms. The monoisotopic (exact) mass is 305 g/mol. The van der Waals surface area contributed by atoms with Crippen LogP contribution in [0.3, 0.4) is 0 Å². The Balaban J connectivity index is 2.95. The number of aromatic nitrogens is 1. The summed E-state index contributed by atoms with van der Waals surface area (Å²) in [5, 5.41) is 2.13. The lowest BCUT2D eigenvalue weighted by atomic mass is 10.2. The van der Waals surface area contributed by atoms with Gasteiger partial charge in [-0.05, 0) is 46.2 Å². The third-order valence-corrected chi connectivity index (χ3v) is 2.59. The fourth-order valence-corrected chi connectivity index (χ4v) is 1.95. The lowest BCUT2D eigenvalue weighted by Gasteiger charge is -1.97. The van der Waals surface area contributed by atoms with Gasteiger partial charge < -0.3 is 4.98 Å². The summed E-state index contributed by atoms with van der Waals surface area (Å²) in [7, 11) is 0. The van der Waals surface area contributed by atoms with Crippen LogP contribution < -0.4 is 5.56 Å². The molecular formula is C9H5ClINO. The van der Waals surface area contributed by atoms with Gasteiger partial charge in [0.05, 0.1) is 3.70 Å². The van der Waals surface area contributed by atoms with E-state index in [1.54, 1.807) is 12.1 Å². The summed E-state index contributed by atoms with van der Waals surface area (Å²) in [4.78, 5) is 14.1. The minimum absolute atomic E-state index is 0.0931. The van der Waals surface area contributed by atoms with Crippen molar-refractivity contribution in [1.29, 1.82) is 0 Å². The van der Waals surface area contributed by atoms with Gasteiger partial charge in [-0.15, -0.1) is 0 Å². The molecule has 0 saturated heterocycles. The molecule has 0 aliphatic heterocycles. The molecule has 2 aromatic rings. The molecule has 0 atom stereocenters. The topological polar surface area (TPSA) is 32.9 Å². The Morgan fingerprint density at radius 1 is 1.31 bits per heavy atom. The van der Waals surface area contributed by atoms with Gasteiger partial charge in [0, 0.05) is 10.4 Å². The summed E-state index contributed by atoms with van der Waals surface area (Å²) in [6.45, 7) is 0. The van der Waals surface area contributed by atoms with Crippen molar-refractivity contribution in [2.24, 2.45) is 0 Å². The third kappa shape index (κ3) is 1.71. The molecule has 1 N–H and O–H groups in total. The minimum Gasteiger partial charge on any atom is -0.317 e. The maximum absolute atomic E-state index is 11.4. The molecule has 0 unspecified atom stereocenters. The molecular weight excluding hydrogens is 300 g/mol. The molecule has 0 radical (unpaired) electrons. The van der Waals surface area contributed by atoms with Crippen LogP contribution in [0.1, 0.15) is 0 Å². The summed E-state index contributed by atoms with van der Waals surface area (Å²) >= 11 is 7.85. The lowest BCUT2D eigenvalue weighted by Crippen LogP contribution is -2.06. The summed E-state index contributed by atoms with van der Waals surface area (Å²) in [6, 6.07) is 7.20. The highest BCUT2D eigenvalue weighted by Crippen LogP contribution is 2.16. The number of nitrogens with one attached hydrogen (secondary N) is 1. The van der Waals surface area contributed by atoms with Crippen molar-refractivity contribution >= 4 is 45.0 Å². The van der Waals surface area contributed by atoms with E-state index in [2.05, 4.69) is 27.6 Å². The quantitative estimate of drug-likeness (QED) is 0.589. The molecule has 0 bridgehead atoms. The van der Waals surface area contributed by atoms with Crippen LogP contribution in [-0.2, 0) is 0 Å². The SMILES string of the molecule is O=c1[nH]c(I)cc2ccc(Cl)cc12. The fourth-order valence-electron chi connectivity index (χ4n) is 1.20. The van der Waals surface area contributed by atoms with Gasteiger partial charge >= 0.3 is 0 Å². The second kappa shape index (κ2) is 3.31. The van der Waals surface area contributed by atoms with Crippen molar-refractivity contribution in [2.45, 2.75) is 0 Å². The van der Waals surface area contributed by atoms with Crippen LogP contribution in [0.4, 0.5) is 0 Å². The van der Waals surface area contributed by atoms with Crippen LogP contribution in [0.15, 0.2) is 29.1 Å². The van der Waals surface area contributed by atoms with Crippen LogP contribution in [0.5, 0.6) is 0 Å². The van der Waals surface area contributed by atoms with Gasteiger partial charge in [-0.25, -0.2) is 0 Å². The van der Waals surface area contributed by atoms with E-state index in [1.807, 2.05) is 12.1 Å². The third-order valence-electron chi connectivity index (χ3n) is 1.78. The van der Waals surface area contributed by atoms with Crippen molar-refractivity contribution in [2.75, 3.05) is 0 Å². The van der Waals surface area contributed by atoms with E-state index in [0.29, 0.717) is 10.4 Å². The van der Waals surface area contributed by atoms with E-state index in [1.165, 1.54) is 0 Å². The van der Waals surface area contributed by atoms with Crippen molar-refractivity contribution in [3.05, 3.63) is 43.3 Å². The highest BCUT2D eigenvalue weighted by atomic mass is 127. The van der Waals surface area contributed by atoms with Crippen molar-refractivity contribution < 1.29 is 0 Å². The molecule has 0 spiro atoms. The maximum Gasteiger partial charge on any atom is 0.256 e.